The Morgan fingerprint density at radius 1 is 1.19 bits per heavy atom. The van der Waals surface area contributed by atoms with Gasteiger partial charge in [-0.15, -0.1) is 0 Å². The first kappa shape index (κ1) is 20.2. The number of nitrogens with zero attached hydrogens (tertiary/aromatic N) is 3. The number of amides is 1. The molecule has 2 aromatic rings. The summed E-state index contributed by atoms with van der Waals surface area (Å²) in [4.78, 5) is 28.5. The van der Waals surface area contributed by atoms with Gasteiger partial charge in [0, 0.05) is 17.8 Å². The lowest BCUT2D eigenvalue weighted by molar-refractivity contribution is -0.155. The second-order valence-electron chi connectivity index (χ2n) is 8.05. The Balaban J connectivity index is 2.35. The van der Waals surface area contributed by atoms with Crippen molar-refractivity contribution in [2.24, 2.45) is 0 Å². The van der Waals surface area contributed by atoms with E-state index in [1.54, 1.807) is 58.4 Å². The zero-order valence-electron chi connectivity index (χ0n) is 16.4. The quantitative estimate of drug-likeness (QED) is 0.825. The Kier molecular flexibility index (Phi) is 5.45. The summed E-state index contributed by atoms with van der Waals surface area (Å²) in [7, 11) is 0. The molecular formula is C19H24N4O4. The molecule has 1 amide bonds. The molecule has 0 aromatic carbocycles. The maximum Gasteiger partial charge on any atom is 0.412 e. The third kappa shape index (κ3) is 5.45. The first-order chi connectivity index (χ1) is 12.4. The van der Waals surface area contributed by atoms with E-state index in [0.29, 0.717) is 16.7 Å². The van der Waals surface area contributed by atoms with Crippen molar-refractivity contribution < 1.29 is 19.1 Å². The summed E-state index contributed by atoms with van der Waals surface area (Å²) in [6.07, 6.45) is 2.33. The molecule has 0 saturated carbocycles. The molecule has 0 fully saturated rings. The number of fused-ring (bicyclic) bond motifs is 1. The second-order valence-corrected chi connectivity index (χ2v) is 8.05. The Morgan fingerprint density at radius 3 is 2.37 bits per heavy atom. The van der Waals surface area contributed by atoms with Crippen molar-refractivity contribution in [1.82, 2.24) is 9.55 Å². The third-order valence-electron chi connectivity index (χ3n) is 3.25. The van der Waals surface area contributed by atoms with Crippen LogP contribution >= 0.6 is 0 Å². The van der Waals surface area contributed by atoms with Crippen LogP contribution in [0.15, 0.2) is 18.5 Å². The monoisotopic (exact) mass is 372 g/mol. The number of hydrogen-bond acceptors (Lipinski definition) is 6. The zero-order chi connectivity index (χ0) is 20.4. The van der Waals surface area contributed by atoms with Gasteiger partial charge in [0.15, 0.2) is 0 Å². The molecule has 27 heavy (non-hydrogen) atoms. The van der Waals surface area contributed by atoms with Crippen LogP contribution in [0.4, 0.5) is 10.5 Å². The van der Waals surface area contributed by atoms with Gasteiger partial charge in [-0.3, -0.25) is 10.1 Å². The fourth-order valence-corrected chi connectivity index (χ4v) is 2.40. The van der Waals surface area contributed by atoms with Crippen LogP contribution < -0.4 is 5.32 Å². The minimum Gasteiger partial charge on any atom is -0.459 e. The molecule has 0 radical (unpaired) electrons. The highest BCUT2D eigenvalue weighted by molar-refractivity contribution is 6.00. The lowest BCUT2D eigenvalue weighted by atomic mass is 10.2. The van der Waals surface area contributed by atoms with Crippen LogP contribution in [0.5, 0.6) is 0 Å². The molecule has 0 aliphatic carbocycles. The molecule has 0 unspecified atom stereocenters. The van der Waals surface area contributed by atoms with Crippen LogP contribution in [0.2, 0.25) is 0 Å². The predicted octanol–water partition coefficient (Wildman–Crippen LogP) is 3.60. The lowest BCUT2D eigenvalue weighted by Gasteiger charge is -2.20. The molecule has 2 aromatic heterocycles. The van der Waals surface area contributed by atoms with Gasteiger partial charge in [-0.25, -0.2) is 9.78 Å². The highest BCUT2D eigenvalue weighted by Crippen LogP contribution is 2.27. The molecule has 8 nitrogen and oxygen atoms in total. The summed E-state index contributed by atoms with van der Waals surface area (Å²) >= 11 is 0. The van der Waals surface area contributed by atoms with E-state index in [1.807, 2.05) is 6.07 Å². The van der Waals surface area contributed by atoms with Crippen LogP contribution in [0.1, 0.15) is 47.1 Å². The molecule has 1 N–H and O–H groups in total. The van der Waals surface area contributed by atoms with E-state index >= 15 is 0 Å². The summed E-state index contributed by atoms with van der Waals surface area (Å²) in [5.74, 6) is -0.409. The van der Waals surface area contributed by atoms with Crippen molar-refractivity contribution in [2.45, 2.75) is 59.3 Å². The second kappa shape index (κ2) is 7.27. The summed E-state index contributed by atoms with van der Waals surface area (Å²) in [6, 6.07) is 3.68. The van der Waals surface area contributed by atoms with Gasteiger partial charge in [0.2, 0.25) is 0 Å². The molecule has 2 rings (SSSR count). The number of carbonyl (C=O) groups is 2. The summed E-state index contributed by atoms with van der Waals surface area (Å²) < 4.78 is 12.2. The molecule has 2 heterocycles. The Hall–Kier alpha value is -3.08. The maximum absolute atomic E-state index is 12.1. The van der Waals surface area contributed by atoms with Crippen molar-refractivity contribution >= 4 is 28.8 Å². The summed E-state index contributed by atoms with van der Waals surface area (Å²) in [5, 5.41) is 12.5. The molecule has 0 saturated heterocycles. The van der Waals surface area contributed by atoms with E-state index in [0.717, 1.165) is 0 Å². The number of rotatable bonds is 3. The number of hydrogen-bond donors (Lipinski definition) is 1. The largest absolute Gasteiger partial charge is 0.459 e. The van der Waals surface area contributed by atoms with Crippen molar-refractivity contribution in [3.8, 4) is 6.07 Å². The number of esters is 1. The number of pyridine rings is 1. The number of aromatic nitrogens is 2. The number of carbonyl (C=O) groups excluding carboxylic acids is 2. The first-order valence-electron chi connectivity index (χ1n) is 8.49. The topological polar surface area (TPSA) is 106 Å². The molecule has 0 aliphatic rings. The highest BCUT2D eigenvalue weighted by Gasteiger charge is 2.21. The summed E-state index contributed by atoms with van der Waals surface area (Å²) in [6.45, 7) is 10.6. The number of nitriles is 1. The van der Waals surface area contributed by atoms with Crippen molar-refractivity contribution in [1.29, 1.82) is 5.26 Å². The van der Waals surface area contributed by atoms with Crippen molar-refractivity contribution in [3.05, 3.63) is 24.0 Å². The van der Waals surface area contributed by atoms with Gasteiger partial charge in [-0.05, 0) is 47.6 Å². The Morgan fingerprint density at radius 2 is 1.81 bits per heavy atom. The minimum atomic E-state index is -0.675. The van der Waals surface area contributed by atoms with Gasteiger partial charge in [0.05, 0.1) is 11.3 Å². The molecule has 0 atom stereocenters. The van der Waals surface area contributed by atoms with Crippen LogP contribution in [0.3, 0.4) is 0 Å². The van der Waals surface area contributed by atoms with Gasteiger partial charge < -0.3 is 14.0 Å². The van der Waals surface area contributed by atoms with Crippen molar-refractivity contribution in [3.63, 3.8) is 0 Å². The average Bonchev–Trinajstić information content (AvgIpc) is 2.87. The van der Waals surface area contributed by atoms with Crippen LogP contribution in [-0.2, 0) is 20.8 Å². The normalized spacial score (nSPS) is 11.7. The highest BCUT2D eigenvalue weighted by atomic mass is 16.6. The third-order valence-corrected chi connectivity index (χ3v) is 3.25. The number of nitrogens with one attached hydrogen (secondary N) is 1. The smallest absolute Gasteiger partial charge is 0.412 e. The number of anilines is 1. The van der Waals surface area contributed by atoms with Gasteiger partial charge >= 0.3 is 12.1 Å². The first-order valence-corrected chi connectivity index (χ1v) is 8.49. The van der Waals surface area contributed by atoms with Crippen LogP contribution in [-0.4, -0.2) is 32.8 Å². The van der Waals surface area contributed by atoms with E-state index in [2.05, 4.69) is 10.3 Å². The minimum absolute atomic E-state index is 0.0362. The molecule has 0 aliphatic heterocycles. The van der Waals surface area contributed by atoms with Gasteiger partial charge in [-0.2, -0.15) is 5.26 Å². The average molecular weight is 372 g/mol. The Bertz CT molecular complexity index is 911. The lowest BCUT2D eigenvalue weighted by Crippen LogP contribution is -2.27. The fraction of sp³-hybridized carbons (Fsp3) is 0.474. The molecule has 8 heteroatoms. The van der Waals surface area contributed by atoms with Gasteiger partial charge in [-0.1, -0.05) is 0 Å². The predicted molar refractivity (Wildman–Crippen MR) is 100 cm³/mol. The zero-order valence-corrected chi connectivity index (χ0v) is 16.4. The van der Waals surface area contributed by atoms with Crippen LogP contribution in [0.25, 0.3) is 11.0 Å². The molecule has 0 bridgehead atoms. The fourth-order valence-electron chi connectivity index (χ4n) is 2.40. The van der Waals surface area contributed by atoms with Gasteiger partial charge in [0.25, 0.3) is 0 Å². The van der Waals surface area contributed by atoms with E-state index in [9.17, 15) is 14.9 Å². The maximum atomic E-state index is 12.1. The standard InChI is InChI=1S/C19H24N4O4/c1-18(2,3)26-14(24)11-23-8-7-13-15(12(9-20)10-21-16(13)23)22-17(25)27-19(4,5)6/h7-8,10H,11H2,1-6H3,(H,21,22,25). The van der Waals surface area contributed by atoms with Crippen molar-refractivity contribution in [2.75, 3.05) is 5.32 Å². The van der Waals surface area contributed by atoms with Crippen LogP contribution in [0, 0.1) is 11.3 Å². The van der Waals surface area contributed by atoms with E-state index in [4.69, 9.17) is 9.47 Å². The molecule has 0 spiro atoms. The Labute approximate surface area is 158 Å². The van der Waals surface area contributed by atoms with E-state index < -0.39 is 23.3 Å². The SMILES string of the molecule is CC(C)(C)OC(=O)Cn1ccc2c(NC(=O)OC(C)(C)C)c(C#N)cnc21. The molecular weight excluding hydrogens is 348 g/mol. The summed E-state index contributed by atoms with van der Waals surface area (Å²) in [5.41, 5.74) is -0.328. The van der Waals surface area contributed by atoms with E-state index in [-0.39, 0.29) is 12.1 Å². The molecule has 144 valence electrons. The van der Waals surface area contributed by atoms with Gasteiger partial charge in [0.1, 0.15) is 29.5 Å². The van der Waals surface area contributed by atoms with E-state index in [1.165, 1.54) is 6.20 Å². The number of ether oxygens (including phenoxy) is 2.